The summed E-state index contributed by atoms with van der Waals surface area (Å²) in [6.07, 6.45) is 9.36. The molecule has 0 aromatic rings. The first-order valence-corrected chi connectivity index (χ1v) is 14.3. The van der Waals surface area contributed by atoms with Crippen LogP contribution in [0.3, 0.4) is 0 Å². The summed E-state index contributed by atoms with van der Waals surface area (Å²) in [4.78, 5) is 44.7. The van der Waals surface area contributed by atoms with Crippen LogP contribution in [0.15, 0.2) is 12.2 Å². The van der Waals surface area contributed by atoms with E-state index in [-0.39, 0.29) is 40.6 Å². The van der Waals surface area contributed by atoms with Crippen LogP contribution in [0.1, 0.15) is 66.7 Å². The Hall–Kier alpha value is -1.34. The van der Waals surface area contributed by atoms with Gasteiger partial charge in [0.1, 0.15) is 5.92 Å². The molecule has 0 bridgehead atoms. The number of allylic oxidation sites excluding steroid dienone is 2. The molecule has 2 aliphatic heterocycles. The van der Waals surface area contributed by atoms with E-state index in [9.17, 15) is 19.5 Å². The smallest absolute Gasteiger partial charge is 0.236 e. The van der Waals surface area contributed by atoms with E-state index in [0.29, 0.717) is 32.0 Å². The zero-order valence-corrected chi connectivity index (χ0v) is 22.2. The van der Waals surface area contributed by atoms with Crippen molar-refractivity contribution in [2.45, 2.75) is 82.9 Å². The minimum Gasteiger partial charge on any atom is -0.369 e. The fourth-order valence-electron chi connectivity index (χ4n) is 7.20. The van der Waals surface area contributed by atoms with Gasteiger partial charge in [-0.25, -0.2) is 0 Å². The van der Waals surface area contributed by atoms with Crippen molar-refractivity contribution in [3.05, 3.63) is 12.2 Å². The van der Waals surface area contributed by atoms with Gasteiger partial charge in [0, 0.05) is 25.6 Å². The molecule has 4 aliphatic rings. The number of carbonyl (C=O) groups excluding carboxylic acids is 3. The average Bonchev–Trinajstić information content (AvgIpc) is 3.25. The Morgan fingerprint density at radius 2 is 1.85 bits per heavy atom. The van der Waals surface area contributed by atoms with Crippen LogP contribution in [0.2, 0.25) is 0 Å². The van der Waals surface area contributed by atoms with Gasteiger partial charge in [-0.2, -0.15) is 0 Å². The Kier molecular flexibility index (Phi) is 7.54. The fraction of sp³-hybridized carbons (Fsp3) is 0.815. The highest BCUT2D eigenvalue weighted by Gasteiger charge is 2.68. The topological polar surface area (TPSA) is 77.9 Å². The summed E-state index contributed by atoms with van der Waals surface area (Å²) in [7, 11) is 0. The zero-order valence-electron chi connectivity index (χ0n) is 21.4. The number of carbonyl (C=O) groups is 3. The quantitative estimate of drug-likeness (QED) is 0.435. The molecule has 6 nitrogen and oxygen atoms in total. The third-order valence-electron chi connectivity index (χ3n) is 8.83. The molecule has 0 radical (unpaired) electrons. The molecule has 0 aromatic carbocycles. The Morgan fingerprint density at radius 3 is 2.50 bits per heavy atom. The summed E-state index contributed by atoms with van der Waals surface area (Å²) in [5.41, 5.74) is -1.61. The van der Waals surface area contributed by atoms with Gasteiger partial charge in [0.05, 0.1) is 11.2 Å². The first kappa shape index (κ1) is 25.7. The van der Waals surface area contributed by atoms with E-state index in [1.165, 1.54) is 23.1 Å². The van der Waals surface area contributed by atoms with E-state index in [1.807, 2.05) is 27.7 Å². The molecule has 4 rings (SSSR count). The van der Waals surface area contributed by atoms with E-state index in [2.05, 4.69) is 19.1 Å². The molecule has 3 fully saturated rings. The lowest BCUT2D eigenvalue weighted by Gasteiger charge is -2.42. The predicted molar refractivity (Wildman–Crippen MR) is 135 cm³/mol. The number of thioether (sulfide) groups is 1. The lowest BCUT2D eigenvalue weighted by molar-refractivity contribution is -0.155. The molecule has 0 aromatic heterocycles. The van der Waals surface area contributed by atoms with E-state index in [1.54, 1.807) is 4.90 Å². The monoisotopic (exact) mass is 490 g/mol. The summed E-state index contributed by atoms with van der Waals surface area (Å²) in [5.74, 6) is -1.37. The molecule has 7 heteroatoms. The number of fused-ring (bicyclic) bond motifs is 2. The van der Waals surface area contributed by atoms with Gasteiger partial charge in [-0.3, -0.25) is 14.4 Å². The van der Waals surface area contributed by atoms with Crippen LogP contribution >= 0.6 is 11.8 Å². The maximum atomic E-state index is 14.3. The third-order valence-corrected chi connectivity index (χ3v) is 10.3. The number of rotatable bonds is 7. The van der Waals surface area contributed by atoms with E-state index < -0.39 is 22.8 Å². The highest BCUT2D eigenvalue weighted by molar-refractivity contribution is 8.00. The molecular formula is C27H42N2O4S. The molecule has 34 heavy (non-hydrogen) atoms. The van der Waals surface area contributed by atoms with Crippen molar-refractivity contribution < 1.29 is 19.5 Å². The normalized spacial score (nSPS) is 39.3. The second kappa shape index (κ2) is 9.96. The van der Waals surface area contributed by atoms with E-state index in [0.717, 1.165) is 19.3 Å². The number of Topliss-reactive ketones (excluding diaryl/α,β-unsaturated/α-hetero) is 1. The number of nitrogens with zero attached hydrogens (tertiary/aromatic N) is 2. The fourth-order valence-corrected chi connectivity index (χ4v) is 8.69. The molecule has 0 spiro atoms. The average molecular weight is 491 g/mol. The van der Waals surface area contributed by atoms with E-state index in [4.69, 9.17) is 0 Å². The van der Waals surface area contributed by atoms with Crippen LogP contribution in [0.4, 0.5) is 0 Å². The molecule has 1 unspecified atom stereocenters. The van der Waals surface area contributed by atoms with Crippen molar-refractivity contribution in [2.75, 3.05) is 19.6 Å². The molecular weight excluding hydrogens is 448 g/mol. The largest absolute Gasteiger partial charge is 0.369 e. The van der Waals surface area contributed by atoms with Crippen molar-refractivity contribution in [1.29, 1.82) is 0 Å². The number of aliphatic hydroxyl groups is 1. The van der Waals surface area contributed by atoms with Crippen LogP contribution in [-0.4, -0.2) is 68.4 Å². The predicted octanol–water partition coefficient (Wildman–Crippen LogP) is 3.73. The molecule has 2 aliphatic carbocycles. The molecule has 2 amide bonds. The zero-order chi connectivity index (χ0) is 24.8. The second-order valence-corrected chi connectivity index (χ2v) is 12.7. The lowest BCUT2D eigenvalue weighted by atomic mass is 9.62. The van der Waals surface area contributed by atoms with E-state index >= 15 is 0 Å². The summed E-state index contributed by atoms with van der Waals surface area (Å²) >= 11 is 1.50. The Morgan fingerprint density at radius 1 is 1.18 bits per heavy atom. The number of amides is 2. The van der Waals surface area contributed by atoms with Gasteiger partial charge in [0.15, 0.2) is 11.5 Å². The van der Waals surface area contributed by atoms with Crippen molar-refractivity contribution >= 4 is 29.4 Å². The summed E-state index contributed by atoms with van der Waals surface area (Å²) < 4.78 is 0. The minimum atomic E-state index is -1.61. The summed E-state index contributed by atoms with van der Waals surface area (Å²) in [5, 5.41) is 11.7. The standard InChI is InChI=1S/C27H42N2O4S/c1-6-28(7-2)25(31)20-14-15-29-26(32)22(24(27(20,29)33)34-16(3)4)23(30)21-17(5)12-13-18-10-8-9-11-19(18)21/h12-13,16-22,24,33H,6-11,14-15H2,1-5H3/t17-,18+,19-,20-,21?,22-,24+,27+/m0/s1. The van der Waals surface area contributed by atoms with Crippen LogP contribution in [-0.2, 0) is 14.4 Å². The number of hydrogen-bond donors (Lipinski definition) is 1. The van der Waals surface area contributed by atoms with Gasteiger partial charge in [-0.1, -0.05) is 45.8 Å². The molecule has 2 heterocycles. The first-order chi connectivity index (χ1) is 16.2. The summed E-state index contributed by atoms with van der Waals surface area (Å²) in [6, 6.07) is 0. The Bertz CT molecular complexity index is 840. The highest BCUT2D eigenvalue weighted by atomic mass is 32.2. The molecule has 1 saturated carbocycles. The van der Waals surface area contributed by atoms with Gasteiger partial charge in [0.2, 0.25) is 11.8 Å². The highest BCUT2D eigenvalue weighted by Crippen LogP contribution is 2.53. The van der Waals surface area contributed by atoms with Crippen molar-refractivity contribution in [3.8, 4) is 0 Å². The van der Waals surface area contributed by atoms with Crippen LogP contribution in [0, 0.1) is 35.5 Å². The minimum absolute atomic E-state index is 0.00577. The number of hydrogen-bond acceptors (Lipinski definition) is 5. The lowest BCUT2D eigenvalue weighted by Crippen LogP contribution is -2.56. The molecule has 2 saturated heterocycles. The third kappa shape index (κ3) is 4.04. The Labute approximate surface area is 208 Å². The maximum absolute atomic E-state index is 14.3. The number of ketones is 1. The first-order valence-electron chi connectivity index (χ1n) is 13.4. The molecule has 8 atom stereocenters. The second-order valence-electron chi connectivity index (χ2n) is 11.0. The van der Waals surface area contributed by atoms with Gasteiger partial charge in [-0.05, 0) is 56.1 Å². The molecule has 1 N–H and O–H groups in total. The van der Waals surface area contributed by atoms with Gasteiger partial charge in [0.25, 0.3) is 0 Å². The maximum Gasteiger partial charge on any atom is 0.236 e. The van der Waals surface area contributed by atoms with Gasteiger partial charge < -0.3 is 14.9 Å². The SMILES string of the molecule is CCN(CC)C(=O)[C@@H]1CCN2C(=O)[C@@H](C(=O)C3[C@H]4CCCC[C@@H]4C=C[C@@H]3C)[C@@H](SC(C)C)[C@]12O. The Balaban J connectivity index is 1.70. The van der Waals surface area contributed by atoms with Crippen molar-refractivity contribution in [3.63, 3.8) is 0 Å². The van der Waals surface area contributed by atoms with Gasteiger partial charge >= 0.3 is 0 Å². The van der Waals surface area contributed by atoms with Crippen LogP contribution in [0.5, 0.6) is 0 Å². The van der Waals surface area contributed by atoms with Gasteiger partial charge in [-0.15, -0.1) is 11.8 Å². The van der Waals surface area contributed by atoms with Crippen LogP contribution in [0.25, 0.3) is 0 Å². The van der Waals surface area contributed by atoms with Crippen molar-refractivity contribution in [2.24, 2.45) is 35.5 Å². The van der Waals surface area contributed by atoms with Crippen molar-refractivity contribution in [1.82, 2.24) is 9.80 Å². The summed E-state index contributed by atoms with van der Waals surface area (Å²) in [6.45, 7) is 11.5. The van der Waals surface area contributed by atoms with Crippen LogP contribution < -0.4 is 0 Å². The molecule has 190 valence electrons.